The predicted octanol–water partition coefficient (Wildman–Crippen LogP) is -1.97. The lowest BCUT2D eigenvalue weighted by Gasteiger charge is -2.41. The van der Waals surface area contributed by atoms with Gasteiger partial charge >= 0.3 is 0 Å². The molecule has 2 saturated heterocycles. The number of aromatic nitrogens is 1. The number of piperidine rings is 1. The van der Waals surface area contributed by atoms with E-state index in [0.29, 0.717) is 25.2 Å². The zero-order chi connectivity index (χ0) is 20.3. The number of rotatable bonds is 4. The van der Waals surface area contributed by atoms with Crippen molar-refractivity contribution in [1.82, 2.24) is 25.0 Å². The number of amides is 4. The summed E-state index contributed by atoms with van der Waals surface area (Å²) in [6, 6.07) is 1.97. The summed E-state index contributed by atoms with van der Waals surface area (Å²) in [6.45, 7) is 0.936. The highest BCUT2D eigenvalue weighted by atomic mass is 16.2. The average molecular weight is 390 g/mol. The number of nitrogens with zero attached hydrogens (tertiary/aromatic N) is 3. The molecular weight excluding hydrogens is 364 g/mol. The Kier molecular flexibility index (Phi) is 5.98. The molecule has 28 heavy (non-hydrogen) atoms. The summed E-state index contributed by atoms with van der Waals surface area (Å²) in [7, 11) is 1.77. The van der Waals surface area contributed by atoms with Crippen molar-refractivity contribution < 1.29 is 19.2 Å². The zero-order valence-corrected chi connectivity index (χ0v) is 15.9. The standard InChI is InChI=1S/C18H26N6O4/c1-22-7-3-5-13(22)18(28)23-8-9-24(15(25)10-19)14(11-23)17(27)21-12-4-2-6-20-16(12)26/h3,5,7,12,14H,2,4,6,8-11,19H2,1H3,(H,20,26)(H,21,27)/t12-,14-/m0/s1. The second-order valence-electron chi connectivity index (χ2n) is 7.06. The van der Waals surface area contributed by atoms with Crippen molar-refractivity contribution in [3.05, 3.63) is 24.0 Å². The number of hydrogen-bond donors (Lipinski definition) is 3. The highest BCUT2D eigenvalue weighted by Gasteiger charge is 2.38. The van der Waals surface area contributed by atoms with Crippen molar-refractivity contribution in [2.45, 2.75) is 24.9 Å². The maximum Gasteiger partial charge on any atom is 0.270 e. The van der Waals surface area contributed by atoms with E-state index < -0.39 is 18.0 Å². The number of carbonyl (C=O) groups is 4. The van der Waals surface area contributed by atoms with E-state index in [1.54, 1.807) is 34.8 Å². The fourth-order valence-electron chi connectivity index (χ4n) is 3.63. The molecule has 10 heteroatoms. The van der Waals surface area contributed by atoms with Crippen LogP contribution in [0.4, 0.5) is 0 Å². The second-order valence-corrected chi connectivity index (χ2v) is 7.06. The molecule has 10 nitrogen and oxygen atoms in total. The SMILES string of the molecule is Cn1cccc1C(=O)N1CCN(C(=O)CN)[C@H](C(=O)N[C@H]2CCCNC2=O)C1. The van der Waals surface area contributed by atoms with Crippen LogP contribution < -0.4 is 16.4 Å². The van der Waals surface area contributed by atoms with Crippen LogP contribution in [0.3, 0.4) is 0 Å². The van der Waals surface area contributed by atoms with Gasteiger partial charge in [-0.3, -0.25) is 19.2 Å². The lowest BCUT2D eigenvalue weighted by Crippen LogP contribution is -2.64. The highest BCUT2D eigenvalue weighted by molar-refractivity contribution is 5.96. The molecule has 3 rings (SSSR count). The fraction of sp³-hybridized carbons (Fsp3) is 0.556. The molecule has 3 heterocycles. The Morgan fingerprint density at radius 1 is 1.32 bits per heavy atom. The molecule has 0 saturated carbocycles. The van der Waals surface area contributed by atoms with Gasteiger partial charge in [-0.05, 0) is 25.0 Å². The third-order valence-electron chi connectivity index (χ3n) is 5.23. The molecule has 0 aromatic carbocycles. The Morgan fingerprint density at radius 2 is 2.11 bits per heavy atom. The molecular formula is C18H26N6O4. The summed E-state index contributed by atoms with van der Waals surface area (Å²) in [6.07, 6.45) is 3.08. The van der Waals surface area contributed by atoms with Crippen molar-refractivity contribution in [1.29, 1.82) is 0 Å². The molecule has 0 bridgehead atoms. The molecule has 2 aliphatic rings. The Labute approximate surface area is 163 Å². The van der Waals surface area contributed by atoms with Crippen LogP contribution >= 0.6 is 0 Å². The quantitative estimate of drug-likeness (QED) is 0.549. The Morgan fingerprint density at radius 3 is 2.75 bits per heavy atom. The van der Waals surface area contributed by atoms with E-state index in [1.807, 2.05) is 0 Å². The van der Waals surface area contributed by atoms with Crippen molar-refractivity contribution in [3.8, 4) is 0 Å². The molecule has 2 aliphatic heterocycles. The number of hydrogen-bond acceptors (Lipinski definition) is 5. The predicted molar refractivity (Wildman–Crippen MR) is 100 cm³/mol. The molecule has 1 aromatic heterocycles. The van der Waals surface area contributed by atoms with Gasteiger partial charge in [0.05, 0.1) is 13.1 Å². The summed E-state index contributed by atoms with van der Waals surface area (Å²) in [5.41, 5.74) is 6.00. The van der Waals surface area contributed by atoms with Crippen LogP contribution in [-0.4, -0.2) is 82.8 Å². The first-order chi connectivity index (χ1) is 13.4. The van der Waals surface area contributed by atoms with E-state index in [9.17, 15) is 19.2 Å². The molecule has 0 aliphatic carbocycles. The van der Waals surface area contributed by atoms with Crippen LogP contribution in [0.15, 0.2) is 18.3 Å². The van der Waals surface area contributed by atoms with E-state index in [4.69, 9.17) is 5.73 Å². The van der Waals surface area contributed by atoms with Crippen molar-refractivity contribution in [3.63, 3.8) is 0 Å². The summed E-state index contributed by atoms with van der Waals surface area (Å²) in [4.78, 5) is 52.9. The minimum absolute atomic E-state index is 0.0515. The average Bonchev–Trinajstić information content (AvgIpc) is 3.14. The Hall–Kier alpha value is -2.88. The lowest BCUT2D eigenvalue weighted by molar-refractivity contribution is -0.143. The first-order valence-corrected chi connectivity index (χ1v) is 9.40. The third kappa shape index (κ3) is 4.01. The van der Waals surface area contributed by atoms with Gasteiger partial charge in [0.2, 0.25) is 17.7 Å². The Bertz CT molecular complexity index is 776. The topological polar surface area (TPSA) is 130 Å². The molecule has 2 atom stereocenters. The van der Waals surface area contributed by atoms with Gasteiger partial charge in [0.15, 0.2) is 0 Å². The molecule has 0 radical (unpaired) electrons. The van der Waals surface area contributed by atoms with Crippen molar-refractivity contribution in [2.24, 2.45) is 12.8 Å². The van der Waals surface area contributed by atoms with E-state index in [2.05, 4.69) is 10.6 Å². The number of piperazine rings is 1. The minimum Gasteiger partial charge on any atom is -0.354 e. The molecule has 4 N–H and O–H groups in total. The van der Waals surface area contributed by atoms with Crippen molar-refractivity contribution in [2.75, 3.05) is 32.7 Å². The summed E-state index contributed by atoms with van der Waals surface area (Å²) in [5, 5.41) is 5.44. The molecule has 0 spiro atoms. The molecule has 152 valence electrons. The van der Waals surface area contributed by atoms with Crippen LogP contribution in [-0.2, 0) is 21.4 Å². The van der Waals surface area contributed by atoms with Gasteiger partial charge in [-0.1, -0.05) is 0 Å². The van der Waals surface area contributed by atoms with Crippen LogP contribution in [0.5, 0.6) is 0 Å². The molecule has 1 aromatic rings. The smallest absolute Gasteiger partial charge is 0.270 e. The first-order valence-electron chi connectivity index (χ1n) is 9.40. The highest BCUT2D eigenvalue weighted by Crippen LogP contribution is 2.15. The van der Waals surface area contributed by atoms with Crippen LogP contribution in [0.2, 0.25) is 0 Å². The normalized spacial score (nSPS) is 22.6. The van der Waals surface area contributed by atoms with Crippen molar-refractivity contribution >= 4 is 23.6 Å². The fourth-order valence-corrected chi connectivity index (χ4v) is 3.63. The third-order valence-corrected chi connectivity index (χ3v) is 5.23. The van der Waals surface area contributed by atoms with E-state index >= 15 is 0 Å². The van der Waals surface area contributed by atoms with Crippen LogP contribution in [0.25, 0.3) is 0 Å². The monoisotopic (exact) mass is 390 g/mol. The number of carbonyl (C=O) groups excluding carboxylic acids is 4. The van der Waals surface area contributed by atoms with Gasteiger partial charge in [0, 0.05) is 32.9 Å². The largest absolute Gasteiger partial charge is 0.354 e. The number of aryl methyl sites for hydroxylation is 1. The second kappa shape index (κ2) is 8.42. The first kappa shape index (κ1) is 19.9. The van der Waals surface area contributed by atoms with Gasteiger partial charge in [0.25, 0.3) is 5.91 Å². The summed E-state index contributed by atoms with van der Waals surface area (Å²) < 4.78 is 1.71. The van der Waals surface area contributed by atoms with Gasteiger partial charge in [-0.15, -0.1) is 0 Å². The molecule has 2 fully saturated rings. The lowest BCUT2D eigenvalue weighted by atomic mass is 10.0. The van der Waals surface area contributed by atoms with Gasteiger partial charge in [-0.2, -0.15) is 0 Å². The van der Waals surface area contributed by atoms with Gasteiger partial charge < -0.3 is 30.7 Å². The van der Waals surface area contributed by atoms with Crippen LogP contribution in [0, 0.1) is 0 Å². The van der Waals surface area contributed by atoms with Gasteiger partial charge in [-0.25, -0.2) is 0 Å². The van der Waals surface area contributed by atoms with E-state index in [-0.39, 0.29) is 37.4 Å². The molecule has 4 amide bonds. The maximum absolute atomic E-state index is 12.9. The van der Waals surface area contributed by atoms with Crippen LogP contribution in [0.1, 0.15) is 23.3 Å². The van der Waals surface area contributed by atoms with E-state index in [1.165, 1.54) is 4.90 Å². The van der Waals surface area contributed by atoms with Gasteiger partial charge in [0.1, 0.15) is 17.8 Å². The summed E-state index contributed by atoms with van der Waals surface area (Å²) >= 11 is 0. The minimum atomic E-state index is -0.885. The molecule has 0 unspecified atom stereocenters. The van der Waals surface area contributed by atoms with E-state index in [0.717, 1.165) is 6.42 Å². The number of nitrogens with one attached hydrogen (secondary N) is 2. The summed E-state index contributed by atoms with van der Waals surface area (Å²) in [5.74, 6) is -1.25. The maximum atomic E-state index is 12.9. The number of nitrogens with two attached hydrogens (primary N) is 1. The zero-order valence-electron chi connectivity index (χ0n) is 15.9. The Balaban J connectivity index is 1.75.